The molecule has 0 saturated heterocycles. The van der Waals surface area contributed by atoms with Gasteiger partial charge in [-0.25, -0.2) is 4.98 Å². The molecule has 0 aliphatic rings. The van der Waals surface area contributed by atoms with Crippen LogP contribution in [-0.2, 0) is 21.7 Å². The van der Waals surface area contributed by atoms with Crippen molar-refractivity contribution in [3.63, 3.8) is 0 Å². The van der Waals surface area contributed by atoms with E-state index in [9.17, 15) is 0 Å². The lowest BCUT2D eigenvalue weighted by Crippen LogP contribution is -2.10. The first-order valence-corrected chi connectivity index (χ1v) is 29.2. The maximum atomic E-state index is 9.10. The van der Waals surface area contributed by atoms with Crippen LogP contribution in [0.2, 0.25) is 0 Å². The number of aromatic nitrogens is 6. The zero-order valence-corrected chi connectivity index (χ0v) is 50.2. The van der Waals surface area contributed by atoms with Gasteiger partial charge >= 0.3 is 0 Å². The molecule has 0 unspecified atom stereocenters. The van der Waals surface area contributed by atoms with Gasteiger partial charge in [-0.1, -0.05) is 204 Å². The van der Waals surface area contributed by atoms with Crippen molar-refractivity contribution in [2.75, 3.05) is 0 Å². The molecule has 0 bridgehead atoms. The topological polar surface area (TPSA) is 53.5 Å². The van der Waals surface area contributed by atoms with Crippen molar-refractivity contribution in [3.8, 4) is 62.4 Å². The summed E-state index contributed by atoms with van der Waals surface area (Å²) in [6, 6.07) is 49.7. The van der Waals surface area contributed by atoms with E-state index in [1.54, 1.807) is 24.3 Å². The van der Waals surface area contributed by atoms with Crippen LogP contribution >= 0.6 is 0 Å². The Bertz CT molecular complexity index is 5070. The minimum Gasteiger partial charge on any atom is -0.309 e. The second-order valence-electron chi connectivity index (χ2n) is 26.7. The van der Waals surface area contributed by atoms with Crippen molar-refractivity contribution < 1.29 is 13.7 Å². The monoisotopic (exact) mass is 1110 g/mol. The molecular weight excluding hydrogens is 1030 g/mol. The Morgan fingerprint density at radius 1 is 0.294 bits per heavy atom. The second-order valence-corrected chi connectivity index (χ2v) is 26.7. The molecule has 0 fully saturated rings. The Morgan fingerprint density at radius 2 is 0.588 bits per heavy atom. The van der Waals surface area contributed by atoms with Crippen LogP contribution in [0.1, 0.15) is 119 Å². The molecule has 0 saturated carbocycles. The van der Waals surface area contributed by atoms with Crippen molar-refractivity contribution in [3.05, 3.63) is 240 Å². The van der Waals surface area contributed by atoms with Gasteiger partial charge in [0.25, 0.3) is 0 Å². The van der Waals surface area contributed by atoms with E-state index in [1.807, 2.05) is 53.1 Å². The number of fused-ring (bicyclic) bond motifs is 9. The third-order valence-electron chi connectivity index (χ3n) is 16.9. The Labute approximate surface area is 513 Å². The summed E-state index contributed by atoms with van der Waals surface area (Å²) < 4.78 is 94.5. The normalized spacial score (nSPS) is 14.4. The summed E-state index contributed by atoms with van der Waals surface area (Å²) in [5.41, 5.74) is 13.3. The fourth-order valence-electron chi connectivity index (χ4n) is 12.2. The lowest BCUT2D eigenvalue weighted by atomic mass is 9.85. The second kappa shape index (κ2) is 19.6. The molecule has 0 atom stereocenters. The Kier molecular flexibility index (Phi) is 9.98. The van der Waals surface area contributed by atoms with Gasteiger partial charge in [-0.05, 0) is 163 Å². The van der Waals surface area contributed by atoms with Gasteiger partial charge in [0.2, 0.25) is 5.95 Å². The summed E-state index contributed by atoms with van der Waals surface area (Å²) in [5, 5.41) is 5.56. The molecule has 0 spiro atoms. The molecule has 14 rings (SSSR count). The molecule has 0 radical (unpaired) electrons. The van der Waals surface area contributed by atoms with Crippen molar-refractivity contribution in [1.82, 2.24) is 28.7 Å². The summed E-state index contributed by atoms with van der Waals surface area (Å²) in [4.78, 5) is 16.8. The highest BCUT2D eigenvalue weighted by atomic mass is 15.2. The summed E-state index contributed by atoms with van der Waals surface area (Å²) in [5.74, 6) is 0.937. The standard InChI is InChI=1S/C79H72N6/c1-76(2,3)53-33-39-67-61(45-53)62-46-54(77(4,5)6)34-40-68(62)83(67)65-29-21-19-27-57(65)73-80-74(58-28-20-22-30-66(58)84-69-41-35-55(78(7,8)9)47-63(69)64-48-56(79(10,11)12)36-42-70(64)84)82-75(81-73)85-71-37-31-51(49-23-15-13-16-24-49)43-59(71)60-44-52(32-38-72(60)85)50-25-17-14-18-26-50/h13-48H,1-12H3/i13D,14D,15D,16D,17D,18D,23D,24D,25D,26D. The number of hydrogen-bond acceptors (Lipinski definition) is 3. The summed E-state index contributed by atoms with van der Waals surface area (Å²) >= 11 is 0. The Hall–Kier alpha value is -9.39. The first kappa shape index (κ1) is 43.3. The number of benzene rings is 10. The van der Waals surface area contributed by atoms with E-state index < -0.39 is 36.3 Å². The third-order valence-corrected chi connectivity index (χ3v) is 16.9. The number of rotatable bonds is 7. The number of para-hydroxylation sites is 2. The zero-order valence-electron chi connectivity index (χ0n) is 60.2. The Morgan fingerprint density at radius 3 is 0.918 bits per heavy atom. The molecular formula is C79H72N6. The molecule has 418 valence electrons. The zero-order chi connectivity index (χ0) is 67.6. The van der Waals surface area contributed by atoms with Crippen LogP contribution in [-0.4, -0.2) is 28.7 Å². The van der Waals surface area contributed by atoms with Crippen molar-refractivity contribution >= 4 is 65.4 Å². The molecule has 0 aliphatic carbocycles. The van der Waals surface area contributed by atoms with E-state index in [1.165, 1.54) is 22.3 Å². The van der Waals surface area contributed by atoms with E-state index in [-0.39, 0.29) is 62.9 Å². The van der Waals surface area contributed by atoms with Gasteiger partial charge in [-0.3, -0.25) is 4.57 Å². The molecule has 4 heterocycles. The maximum Gasteiger partial charge on any atom is 0.238 e. The van der Waals surface area contributed by atoms with Crippen LogP contribution in [0.4, 0.5) is 0 Å². The van der Waals surface area contributed by atoms with Crippen LogP contribution in [0.3, 0.4) is 0 Å². The minimum absolute atomic E-state index is 0.00200. The molecule has 6 heteroatoms. The Balaban J connectivity index is 1.10. The molecule has 10 aromatic carbocycles. The van der Waals surface area contributed by atoms with Crippen molar-refractivity contribution in [1.29, 1.82) is 0 Å². The predicted molar refractivity (Wildman–Crippen MR) is 359 cm³/mol. The molecule has 4 aromatic heterocycles. The lowest BCUT2D eigenvalue weighted by molar-refractivity contribution is 0.590. The molecule has 85 heavy (non-hydrogen) atoms. The molecule has 0 aliphatic heterocycles. The van der Waals surface area contributed by atoms with Gasteiger partial charge < -0.3 is 9.13 Å². The fraction of sp³-hybridized carbons (Fsp3) is 0.203. The average molecular weight is 1120 g/mol. The van der Waals surface area contributed by atoms with Crippen LogP contribution in [0, 0.1) is 0 Å². The van der Waals surface area contributed by atoms with Gasteiger partial charge in [0.15, 0.2) is 11.6 Å². The van der Waals surface area contributed by atoms with E-state index in [4.69, 9.17) is 28.7 Å². The largest absolute Gasteiger partial charge is 0.309 e. The average Bonchev–Trinajstić information content (AvgIpc) is 1.61. The molecule has 0 amide bonds. The third kappa shape index (κ3) is 9.21. The highest BCUT2D eigenvalue weighted by molar-refractivity contribution is 6.13. The highest BCUT2D eigenvalue weighted by Crippen LogP contribution is 2.44. The molecule has 6 nitrogen and oxygen atoms in total. The molecule has 0 N–H and O–H groups in total. The van der Waals surface area contributed by atoms with Crippen LogP contribution in [0.15, 0.2) is 218 Å². The first-order chi connectivity index (χ1) is 44.8. The van der Waals surface area contributed by atoms with Crippen LogP contribution in [0.5, 0.6) is 0 Å². The van der Waals surface area contributed by atoms with Crippen molar-refractivity contribution in [2.24, 2.45) is 0 Å². The summed E-state index contributed by atoms with van der Waals surface area (Å²) in [6.07, 6.45) is 0. The van der Waals surface area contributed by atoms with Gasteiger partial charge in [-0.2, -0.15) is 9.97 Å². The van der Waals surface area contributed by atoms with Gasteiger partial charge in [0.1, 0.15) is 0 Å². The van der Waals surface area contributed by atoms with Gasteiger partial charge in [-0.15, -0.1) is 0 Å². The number of nitrogens with zero attached hydrogens (tertiary/aromatic N) is 6. The van der Waals surface area contributed by atoms with E-state index in [2.05, 4.69) is 177 Å². The van der Waals surface area contributed by atoms with Crippen LogP contribution in [0.25, 0.3) is 128 Å². The maximum absolute atomic E-state index is 9.10. The summed E-state index contributed by atoms with van der Waals surface area (Å²) in [6.45, 7) is 26.8. The highest BCUT2D eigenvalue weighted by Gasteiger charge is 2.27. The number of hydrogen-bond donors (Lipinski definition) is 0. The van der Waals surface area contributed by atoms with E-state index in [0.717, 1.165) is 55.0 Å². The van der Waals surface area contributed by atoms with E-state index in [0.29, 0.717) is 55.7 Å². The first-order valence-electron chi connectivity index (χ1n) is 34.2. The fourth-order valence-corrected chi connectivity index (χ4v) is 12.2. The smallest absolute Gasteiger partial charge is 0.238 e. The molecule has 14 aromatic rings. The lowest BCUT2D eigenvalue weighted by Gasteiger charge is -2.20. The van der Waals surface area contributed by atoms with Gasteiger partial charge in [0.05, 0.1) is 58.2 Å². The van der Waals surface area contributed by atoms with Crippen molar-refractivity contribution in [2.45, 2.75) is 105 Å². The van der Waals surface area contributed by atoms with Gasteiger partial charge in [0, 0.05) is 43.4 Å². The summed E-state index contributed by atoms with van der Waals surface area (Å²) in [7, 11) is 0. The van der Waals surface area contributed by atoms with Crippen LogP contribution < -0.4 is 0 Å². The van der Waals surface area contributed by atoms with E-state index >= 15 is 0 Å². The predicted octanol–water partition coefficient (Wildman–Crippen LogP) is 21.0. The quantitative estimate of drug-likeness (QED) is 0.160. The SMILES string of the molecule is [2H]c1c([2H])c([2H])c(-c2ccc3c(c2)c2cc(-c4c([2H])c([2H])c([2H])c([2H])c4[2H])ccc2n3-c2nc(-c3ccccc3-n3c4ccc(C(C)(C)C)cc4c4cc(C(C)(C)C)ccc43)nc(-c3ccccc3-n3c4ccc(C(C)(C)C)cc4c4cc(C(C)(C)C)ccc43)n2)c([2H])c1[2H]. The minimum atomic E-state index is -0.515.